The summed E-state index contributed by atoms with van der Waals surface area (Å²) in [5, 5.41) is 4.91. The molecule has 1 amide bonds. The van der Waals surface area contributed by atoms with Crippen molar-refractivity contribution in [2.24, 2.45) is 5.10 Å². The highest BCUT2D eigenvalue weighted by Gasteiger charge is 2.12. The summed E-state index contributed by atoms with van der Waals surface area (Å²) in [4.78, 5) is 24.5. The molecule has 0 bridgehead atoms. The Hall–Kier alpha value is -2.67. The van der Waals surface area contributed by atoms with Crippen LogP contribution in [0, 0.1) is 0 Å². The minimum atomic E-state index is -0.540. The van der Waals surface area contributed by atoms with E-state index in [-0.39, 0.29) is 5.75 Å². The highest BCUT2D eigenvalue weighted by Crippen LogP contribution is 2.23. The van der Waals surface area contributed by atoms with Crippen molar-refractivity contribution in [2.75, 3.05) is 0 Å². The van der Waals surface area contributed by atoms with Gasteiger partial charge >= 0.3 is 5.97 Å². The van der Waals surface area contributed by atoms with Gasteiger partial charge in [-0.2, -0.15) is 5.10 Å². The van der Waals surface area contributed by atoms with E-state index < -0.39 is 11.9 Å². The molecule has 146 valence electrons. The summed E-state index contributed by atoms with van der Waals surface area (Å²) in [5.41, 5.74) is 3.64. The number of halogens is 3. The highest BCUT2D eigenvalue weighted by molar-refractivity contribution is 9.10. The maximum absolute atomic E-state index is 12.4. The van der Waals surface area contributed by atoms with Gasteiger partial charge in [-0.05, 0) is 60.7 Å². The average molecular weight is 492 g/mol. The van der Waals surface area contributed by atoms with Crippen LogP contribution >= 0.6 is 39.1 Å². The molecule has 0 fully saturated rings. The van der Waals surface area contributed by atoms with E-state index in [1.165, 1.54) is 12.3 Å². The third-order valence-corrected chi connectivity index (χ3v) is 4.69. The molecule has 0 aliphatic rings. The van der Waals surface area contributed by atoms with Crippen LogP contribution < -0.4 is 10.2 Å². The smallest absolute Gasteiger partial charge is 0.343 e. The summed E-state index contributed by atoms with van der Waals surface area (Å²) in [6.07, 6.45) is 1.39. The lowest BCUT2D eigenvalue weighted by Gasteiger charge is -2.08. The normalized spacial score (nSPS) is 10.7. The topological polar surface area (TPSA) is 67.8 Å². The van der Waals surface area contributed by atoms with Crippen molar-refractivity contribution in [3.8, 4) is 5.75 Å². The predicted molar refractivity (Wildman–Crippen MR) is 117 cm³/mol. The van der Waals surface area contributed by atoms with Gasteiger partial charge < -0.3 is 4.74 Å². The summed E-state index contributed by atoms with van der Waals surface area (Å²) >= 11 is 15.1. The SMILES string of the molecule is O=C(NN=Cc1cc(Br)ccc1OC(=O)c1ccc(Cl)cc1)c1cccc(Cl)c1. The van der Waals surface area contributed by atoms with E-state index in [4.69, 9.17) is 27.9 Å². The standard InChI is InChI=1S/C21H13BrCl2N2O3/c22-16-6-9-19(29-21(28)13-4-7-17(23)8-5-13)15(10-16)12-25-26-20(27)14-2-1-3-18(24)11-14/h1-12H,(H,26,27). The number of hydrogen-bond acceptors (Lipinski definition) is 4. The molecule has 0 saturated heterocycles. The lowest BCUT2D eigenvalue weighted by Crippen LogP contribution is -2.17. The predicted octanol–water partition coefficient (Wildman–Crippen LogP) is 5.74. The van der Waals surface area contributed by atoms with Crippen molar-refractivity contribution < 1.29 is 14.3 Å². The Morgan fingerprint density at radius 3 is 2.41 bits per heavy atom. The number of rotatable bonds is 5. The lowest BCUT2D eigenvalue weighted by molar-refractivity contribution is 0.0734. The number of hydrogen-bond donors (Lipinski definition) is 1. The first-order chi connectivity index (χ1) is 13.9. The van der Waals surface area contributed by atoms with Crippen LogP contribution in [-0.4, -0.2) is 18.1 Å². The van der Waals surface area contributed by atoms with Crippen LogP contribution in [0.3, 0.4) is 0 Å². The molecular formula is C21H13BrCl2N2O3. The largest absolute Gasteiger partial charge is 0.422 e. The quantitative estimate of drug-likeness (QED) is 0.214. The maximum atomic E-state index is 12.4. The Bertz CT molecular complexity index is 1090. The molecule has 0 atom stereocenters. The average Bonchev–Trinajstić information content (AvgIpc) is 2.70. The fourth-order valence-electron chi connectivity index (χ4n) is 2.31. The summed E-state index contributed by atoms with van der Waals surface area (Å²) in [7, 11) is 0. The molecule has 3 aromatic carbocycles. The molecule has 29 heavy (non-hydrogen) atoms. The van der Waals surface area contributed by atoms with Gasteiger partial charge in [0.2, 0.25) is 0 Å². The molecule has 0 radical (unpaired) electrons. The van der Waals surface area contributed by atoms with Gasteiger partial charge in [0.1, 0.15) is 5.75 Å². The van der Waals surface area contributed by atoms with E-state index in [1.807, 2.05) is 0 Å². The third kappa shape index (κ3) is 5.90. The first kappa shape index (κ1) is 21.0. The summed E-state index contributed by atoms with van der Waals surface area (Å²) in [6, 6.07) is 17.9. The molecule has 0 aromatic heterocycles. The zero-order chi connectivity index (χ0) is 20.8. The Morgan fingerprint density at radius 1 is 0.931 bits per heavy atom. The minimum absolute atomic E-state index is 0.286. The van der Waals surface area contributed by atoms with Crippen LogP contribution in [-0.2, 0) is 0 Å². The van der Waals surface area contributed by atoms with E-state index in [9.17, 15) is 9.59 Å². The Labute approximate surface area is 185 Å². The van der Waals surface area contributed by atoms with Crippen molar-refractivity contribution in [1.29, 1.82) is 0 Å². The molecule has 8 heteroatoms. The molecule has 0 unspecified atom stereocenters. The van der Waals surface area contributed by atoms with Gasteiger partial charge in [0.05, 0.1) is 11.8 Å². The van der Waals surface area contributed by atoms with Crippen LogP contribution in [0.15, 0.2) is 76.3 Å². The number of esters is 1. The van der Waals surface area contributed by atoms with E-state index in [0.29, 0.717) is 26.7 Å². The zero-order valence-electron chi connectivity index (χ0n) is 14.7. The second-order valence-electron chi connectivity index (χ2n) is 5.79. The number of nitrogens with zero attached hydrogens (tertiary/aromatic N) is 1. The number of carbonyl (C=O) groups excluding carboxylic acids is 2. The van der Waals surface area contributed by atoms with Crippen molar-refractivity contribution in [3.63, 3.8) is 0 Å². The van der Waals surface area contributed by atoms with E-state index in [0.717, 1.165) is 4.47 Å². The molecule has 3 rings (SSSR count). The number of amides is 1. The number of benzene rings is 3. The van der Waals surface area contributed by atoms with Gasteiger partial charge in [0.25, 0.3) is 5.91 Å². The maximum Gasteiger partial charge on any atom is 0.343 e. The number of ether oxygens (including phenoxy) is 1. The van der Waals surface area contributed by atoms with Crippen LogP contribution in [0.1, 0.15) is 26.3 Å². The Morgan fingerprint density at radius 2 is 1.69 bits per heavy atom. The number of carbonyl (C=O) groups is 2. The molecule has 3 aromatic rings. The first-order valence-corrected chi connectivity index (χ1v) is 9.83. The van der Waals surface area contributed by atoms with Crippen molar-refractivity contribution in [2.45, 2.75) is 0 Å². The molecule has 1 N–H and O–H groups in total. The van der Waals surface area contributed by atoms with Crippen molar-refractivity contribution >= 4 is 57.2 Å². The van der Waals surface area contributed by atoms with Gasteiger partial charge in [-0.3, -0.25) is 4.79 Å². The van der Waals surface area contributed by atoms with E-state index >= 15 is 0 Å². The van der Waals surface area contributed by atoms with Gasteiger partial charge in [-0.15, -0.1) is 0 Å². The van der Waals surface area contributed by atoms with Crippen molar-refractivity contribution in [1.82, 2.24) is 5.43 Å². The molecule has 0 heterocycles. The van der Waals surface area contributed by atoms with Crippen LogP contribution in [0.4, 0.5) is 0 Å². The highest BCUT2D eigenvalue weighted by atomic mass is 79.9. The Kier molecular flexibility index (Phi) is 7.04. The number of hydrazone groups is 1. The van der Waals surface area contributed by atoms with Crippen molar-refractivity contribution in [3.05, 3.63) is 97.9 Å². The molecule has 0 aliphatic carbocycles. The fourth-order valence-corrected chi connectivity index (χ4v) is 3.01. The van der Waals surface area contributed by atoms with Gasteiger partial charge in [-0.1, -0.05) is 45.2 Å². The number of nitrogens with one attached hydrogen (secondary N) is 1. The molecule has 5 nitrogen and oxygen atoms in total. The molecule has 0 saturated carbocycles. The summed E-state index contributed by atoms with van der Waals surface area (Å²) in [5.74, 6) is -0.672. The van der Waals surface area contributed by atoms with E-state index in [2.05, 4.69) is 26.5 Å². The van der Waals surface area contributed by atoms with E-state index in [1.54, 1.807) is 60.7 Å². The molecule has 0 spiro atoms. The Balaban J connectivity index is 1.74. The van der Waals surface area contributed by atoms with Gasteiger partial charge in [0, 0.05) is 25.6 Å². The fraction of sp³-hybridized carbons (Fsp3) is 0. The molecular weight excluding hydrogens is 479 g/mol. The monoisotopic (exact) mass is 490 g/mol. The van der Waals surface area contributed by atoms with Gasteiger partial charge in [-0.25, -0.2) is 10.2 Å². The summed E-state index contributed by atoms with van der Waals surface area (Å²) in [6.45, 7) is 0. The van der Waals surface area contributed by atoms with Crippen LogP contribution in [0.5, 0.6) is 5.75 Å². The van der Waals surface area contributed by atoms with Crippen LogP contribution in [0.2, 0.25) is 10.0 Å². The zero-order valence-corrected chi connectivity index (χ0v) is 17.8. The minimum Gasteiger partial charge on any atom is -0.422 e. The molecule has 0 aliphatic heterocycles. The summed E-state index contributed by atoms with van der Waals surface area (Å²) < 4.78 is 6.22. The van der Waals surface area contributed by atoms with Gasteiger partial charge in [0.15, 0.2) is 0 Å². The second kappa shape index (κ2) is 9.69. The first-order valence-electron chi connectivity index (χ1n) is 8.28. The second-order valence-corrected chi connectivity index (χ2v) is 7.58. The lowest BCUT2D eigenvalue weighted by atomic mass is 10.2. The third-order valence-electron chi connectivity index (χ3n) is 3.71. The van der Waals surface area contributed by atoms with Crippen LogP contribution in [0.25, 0.3) is 0 Å².